The zero-order valence-corrected chi connectivity index (χ0v) is 15.4. The molecule has 3 N–H and O–H groups in total. The van der Waals surface area contributed by atoms with Crippen molar-refractivity contribution in [2.24, 2.45) is 5.73 Å². The maximum absolute atomic E-state index is 12.7. The summed E-state index contributed by atoms with van der Waals surface area (Å²) in [4.78, 5) is 36.9. The number of fused-ring (bicyclic) bond motifs is 1. The predicted molar refractivity (Wildman–Crippen MR) is 108 cm³/mol. The van der Waals surface area contributed by atoms with Crippen LogP contribution in [0.2, 0.25) is 0 Å². The molecule has 2 amide bonds. The number of hydrogen-bond donors (Lipinski definition) is 2. The Balaban J connectivity index is 1.63. The van der Waals surface area contributed by atoms with E-state index in [9.17, 15) is 9.59 Å². The summed E-state index contributed by atoms with van der Waals surface area (Å²) in [7, 11) is 0. The highest BCUT2D eigenvalue weighted by Gasteiger charge is 2.16. The number of benzene rings is 1. The largest absolute Gasteiger partial charge is 0.364 e. The van der Waals surface area contributed by atoms with E-state index in [1.807, 2.05) is 47.0 Å². The number of nitrogens with one attached hydrogen (secondary N) is 1. The zero-order chi connectivity index (χ0) is 20.2. The molecule has 0 aliphatic heterocycles. The van der Waals surface area contributed by atoms with Crippen LogP contribution in [0.5, 0.6) is 0 Å². The minimum absolute atomic E-state index is 0.0290. The summed E-state index contributed by atoms with van der Waals surface area (Å²) >= 11 is 0. The maximum atomic E-state index is 12.7. The first-order valence-corrected chi connectivity index (χ1v) is 9.05. The lowest BCUT2D eigenvalue weighted by Crippen LogP contribution is -2.20. The molecule has 4 aromatic rings. The number of primary amides is 1. The fraction of sp³-hybridized carbons (Fsp3) is 0.0952. The number of aryl methyl sites for hydroxylation is 2. The first-order chi connectivity index (χ1) is 14.1. The third-order valence-corrected chi connectivity index (χ3v) is 4.43. The van der Waals surface area contributed by atoms with Gasteiger partial charge in [0.05, 0.1) is 11.0 Å². The molecule has 0 unspecified atom stereocenters. The van der Waals surface area contributed by atoms with Crippen LogP contribution in [-0.4, -0.2) is 31.3 Å². The number of rotatable bonds is 6. The Morgan fingerprint density at radius 3 is 2.52 bits per heavy atom. The van der Waals surface area contributed by atoms with Crippen LogP contribution in [0.4, 0.5) is 5.95 Å². The molecule has 0 saturated carbocycles. The number of nitrogens with zero attached hydrogens (tertiary/aromatic N) is 4. The van der Waals surface area contributed by atoms with E-state index in [1.54, 1.807) is 12.3 Å². The maximum Gasteiger partial charge on any atom is 0.276 e. The predicted octanol–water partition coefficient (Wildman–Crippen LogP) is 2.42. The smallest absolute Gasteiger partial charge is 0.276 e. The standard InChI is InChI=1S/C21H18N6O2/c22-19(28)16-8-5-9-17(24-16)20(29)26-21-25-15-7-1-2-10-18(15)27(21)13-11-14-6-3-4-12-23-14/h1-10,12H,11,13H2,(H2,22,28)(H,25,26,29). The molecular weight excluding hydrogens is 368 g/mol. The van der Waals surface area contributed by atoms with Crippen LogP contribution in [-0.2, 0) is 13.0 Å². The van der Waals surface area contributed by atoms with Crippen LogP contribution in [0.1, 0.15) is 26.7 Å². The summed E-state index contributed by atoms with van der Waals surface area (Å²) in [6.45, 7) is 0.585. The number of imidazole rings is 1. The van der Waals surface area contributed by atoms with Gasteiger partial charge in [0.25, 0.3) is 11.8 Å². The van der Waals surface area contributed by atoms with Gasteiger partial charge in [0.15, 0.2) is 0 Å². The van der Waals surface area contributed by atoms with Crippen molar-refractivity contribution in [2.45, 2.75) is 13.0 Å². The molecule has 1 aromatic carbocycles. The number of nitrogens with two attached hydrogens (primary N) is 1. The molecule has 8 nitrogen and oxygen atoms in total. The molecule has 29 heavy (non-hydrogen) atoms. The van der Waals surface area contributed by atoms with Gasteiger partial charge in [-0.25, -0.2) is 9.97 Å². The van der Waals surface area contributed by atoms with Crippen molar-refractivity contribution < 1.29 is 9.59 Å². The van der Waals surface area contributed by atoms with Crippen molar-refractivity contribution in [1.29, 1.82) is 0 Å². The minimum Gasteiger partial charge on any atom is -0.364 e. The van der Waals surface area contributed by atoms with Crippen LogP contribution in [0.15, 0.2) is 66.9 Å². The van der Waals surface area contributed by atoms with Gasteiger partial charge in [0.2, 0.25) is 5.95 Å². The fourth-order valence-electron chi connectivity index (χ4n) is 3.03. The number of anilines is 1. The van der Waals surface area contributed by atoms with Crippen LogP contribution in [0.3, 0.4) is 0 Å². The van der Waals surface area contributed by atoms with Gasteiger partial charge in [-0.2, -0.15) is 0 Å². The molecule has 4 rings (SSSR count). The highest BCUT2D eigenvalue weighted by atomic mass is 16.2. The van der Waals surface area contributed by atoms with Crippen LogP contribution in [0, 0.1) is 0 Å². The molecule has 0 aliphatic carbocycles. The Morgan fingerprint density at radius 2 is 1.72 bits per heavy atom. The van der Waals surface area contributed by atoms with Crippen molar-refractivity contribution in [2.75, 3.05) is 5.32 Å². The molecular formula is C21H18N6O2. The molecule has 0 radical (unpaired) electrons. The molecule has 3 heterocycles. The molecule has 0 aliphatic rings. The van der Waals surface area contributed by atoms with Crippen molar-refractivity contribution in [3.63, 3.8) is 0 Å². The Morgan fingerprint density at radius 1 is 0.931 bits per heavy atom. The van der Waals surface area contributed by atoms with Crippen LogP contribution < -0.4 is 11.1 Å². The quantitative estimate of drug-likeness (QED) is 0.528. The second kappa shape index (κ2) is 7.89. The van der Waals surface area contributed by atoms with Gasteiger partial charge in [0.1, 0.15) is 11.4 Å². The lowest BCUT2D eigenvalue weighted by atomic mass is 10.2. The summed E-state index contributed by atoms with van der Waals surface area (Å²) in [5.74, 6) is -0.761. The molecule has 0 atom stereocenters. The van der Waals surface area contributed by atoms with Gasteiger partial charge in [-0.3, -0.25) is 19.9 Å². The SMILES string of the molecule is NC(=O)c1cccc(C(=O)Nc2nc3ccccc3n2CCc2ccccn2)n1. The van der Waals surface area contributed by atoms with E-state index in [0.717, 1.165) is 16.7 Å². The number of pyridine rings is 2. The first kappa shape index (κ1) is 18.3. The lowest BCUT2D eigenvalue weighted by molar-refractivity contribution is 0.0995. The summed E-state index contributed by atoms with van der Waals surface area (Å²) < 4.78 is 1.93. The monoisotopic (exact) mass is 386 g/mol. The van der Waals surface area contributed by atoms with Gasteiger partial charge >= 0.3 is 0 Å². The van der Waals surface area contributed by atoms with Crippen LogP contribution in [0.25, 0.3) is 11.0 Å². The number of carbonyl (C=O) groups excluding carboxylic acids is 2. The number of aromatic nitrogens is 4. The van der Waals surface area contributed by atoms with E-state index in [-0.39, 0.29) is 11.4 Å². The fourth-order valence-corrected chi connectivity index (χ4v) is 3.03. The molecule has 0 saturated heterocycles. The molecule has 144 valence electrons. The second-order valence-corrected chi connectivity index (χ2v) is 6.37. The highest BCUT2D eigenvalue weighted by Crippen LogP contribution is 2.20. The molecule has 0 fully saturated rings. The molecule has 3 aromatic heterocycles. The summed E-state index contributed by atoms with van der Waals surface area (Å²) in [6.07, 6.45) is 2.43. The summed E-state index contributed by atoms with van der Waals surface area (Å²) in [5, 5.41) is 2.80. The van der Waals surface area contributed by atoms with Gasteiger partial charge in [-0.1, -0.05) is 24.3 Å². The summed E-state index contributed by atoms with van der Waals surface area (Å²) in [6, 6.07) is 17.9. The minimum atomic E-state index is -0.692. The van der Waals surface area contributed by atoms with Crippen molar-refractivity contribution in [3.05, 3.63) is 83.9 Å². The molecule has 0 spiro atoms. The summed E-state index contributed by atoms with van der Waals surface area (Å²) in [5.41, 5.74) is 7.98. The van der Waals surface area contributed by atoms with Crippen molar-refractivity contribution >= 4 is 28.8 Å². The van der Waals surface area contributed by atoms with E-state index in [0.29, 0.717) is 18.9 Å². The van der Waals surface area contributed by atoms with E-state index >= 15 is 0 Å². The number of amides is 2. The molecule has 8 heteroatoms. The number of carbonyl (C=O) groups is 2. The number of hydrogen-bond acceptors (Lipinski definition) is 5. The van der Waals surface area contributed by atoms with Gasteiger partial charge in [-0.05, 0) is 36.4 Å². The Kier molecular flexibility index (Phi) is 4.98. The normalized spacial score (nSPS) is 10.8. The van der Waals surface area contributed by atoms with Gasteiger partial charge in [0, 0.05) is 24.9 Å². The van der Waals surface area contributed by atoms with E-state index in [1.165, 1.54) is 12.1 Å². The topological polar surface area (TPSA) is 116 Å². The zero-order valence-electron chi connectivity index (χ0n) is 15.4. The third kappa shape index (κ3) is 3.96. The van der Waals surface area contributed by atoms with E-state index < -0.39 is 11.8 Å². The first-order valence-electron chi connectivity index (χ1n) is 9.05. The average Bonchev–Trinajstić information content (AvgIpc) is 3.10. The van der Waals surface area contributed by atoms with E-state index in [4.69, 9.17) is 5.73 Å². The van der Waals surface area contributed by atoms with Gasteiger partial charge in [-0.15, -0.1) is 0 Å². The lowest BCUT2D eigenvalue weighted by Gasteiger charge is -2.10. The van der Waals surface area contributed by atoms with Gasteiger partial charge < -0.3 is 10.3 Å². The van der Waals surface area contributed by atoms with Crippen molar-refractivity contribution in [3.8, 4) is 0 Å². The highest BCUT2D eigenvalue weighted by molar-refractivity contribution is 6.03. The van der Waals surface area contributed by atoms with Crippen LogP contribution >= 0.6 is 0 Å². The average molecular weight is 386 g/mol. The molecule has 0 bridgehead atoms. The Hall–Kier alpha value is -4.07. The Bertz CT molecular complexity index is 1190. The van der Waals surface area contributed by atoms with E-state index in [2.05, 4.69) is 20.3 Å². The van der Waals surface area contributed by atoms with Crippen molar-refractivity contribution in [1.82, 2.24) is 19.5 Å². The third-order valence-electron chi connectivity index (χ3n) is 4.43. The second-order valence-electron chi connectivity index (χ2n) is 6.37. The number of para-hydroxylation sites is 2. The Labute approximate surface area is 166 Å².